The second-order valence-corrected chi connectivity index (χ2v) is 9.30. The standard InChI is InChI=1S/C19H22Cl2N2O3S/c1-13-10-18(26-3)19(11-14(13)2)27(24,25)23-8-6-22(7-9-23)15-4-5-16(20)17(21)12-15/h4-5,10-12H,6-9H2,1-3H3. The van der Waals surface area contributed by atoms with E-state index in [1.807, 2.05) is 19.9 Å². The molecular weight excluding hydrogens is 407 g/mol. The highest BCUT2D eigenvalue weighted by Gasteiger charge is 2.31. The molecule has 2 aromatic rings. The normalized spacial score (nSPS) is 15.8. The van der Waals surface area contributed by atoms with Crippen LogP contribution in [0.5, 0.6) is 5.75 Å². The molecule has 0 amide bonds. The summed E-state index contributed by atoms with van der Waals surface area (Å²) in [4.78, 5) is 2.32. The van der Waals surface area contributed by atoms with Gasteiger partial charge in [0.15, 0.2) is 0 Å². The van der Waals surface area contributed by atoms with Crippen molar-refractivity contribution in [3.8, 4) is 5.75 Å². The molecule has 0 aliphatic carbocycles. The molecule has 27 heavy (non-hydrogen) atoms. The monoisotopic (exact) mass is 428 g/mol. The van der Waals surface area contributed by atoms with Crippen LogP contribution in [0.3, 0.4) is 0 Å². The summed E-state index contributed by atoms with van der Waals surface area (Å²) in [6.45, 7) is 5.76. The van der Waals surface area contributed by atoms with Gasteiger partial charge in [-0.2, -0.15) is 4.31 Å². The van der Waals surface area contributed by atoms with Crippen LogP contribution < -0.4 is 9.64 Å². The first-order chi connectivity index (χ1) is 12.7. The quantitative estimate of drug-likeness (QED) is 0.734. The maximum atomic E-state index is 13.2. The zero-order valence-corrected chi connectivity index (χ0v) is 17.8. The van der Waals surface area contributed by atoms with Gasteiger partial charge in [-0.1, -0.05) is 23.2 Å². The van der Waals surface area contributed by atoms with Crippen LogP contribution in [0.15, 0.2) is 35.2 Å². The third-order valence-electron chi connectivity index (χ3n) is 4.90. The first kappa shape index (κ1) is 20.3. The molecule has 1 saturated heterocycles. The van der Waals surface area contributed by atoms with Crippen LogP contribution in [0.4, 0.5) is 5.69 Å². The lowest BCUT2D eigenvalue weighted by atomic mass is 10.1. The van der Waals surface area contributed by atoms with Gasteiger partial charge in [-0.25, -0.2) is 8.42 Å². The van der Waals surface area contributed by atoms with Crippen molar-refractivity contribution >= 4 is 38.9 Å². The van der Waals surface area contributed by atoms with Crippen LogP contribution >= 0.6 is 23.2 Å². The molecule has 5 nitrogen and oxygen atoms in total. The second-order valence-electron chi connectivity index (χ2n) is 6.58. The van der Waals surface area contributed by atoms with E-state index < -0.39 is 10.0 Å². The molecule has 0 aromatic heterocycles. The van der Waals surface area contributed by atoms with Gasteiger partial charge < -0.3 is 9.64 Å². The number of sulfonamides is 1. The van der Waals surface area contributed by atoms with Crippen LogP contribution in [0, 0.1) is 13.8 Å². The van der Waals surface area contributed by atoms with E-state index in [-0.39, 0.29) is 4.90 Å². The number of nitrogens with zero attached hydrogens (tertiary/aromatic N) is 2. The van der Waals surface area contributed by atoms with Crippen molar-refractivity contribution in [2.24, 2.45) is 0 Å². The first-order valence-electron chi connectivity index (χ1n) is 8.59. The lowest BCUT2D eigenvalue weighted by molar-refractivity contribution is 0.374. The zero-order valence-electron chi connectivity index (χ0n) is 15.5. The fourth-order valence-corrected chi connectivity index (χ4v) is 5.07. The highest BCUT2D eigenvalue weighted by atomic mass is 35.5. The molecule has 146 valence electrons. The van der Waals surface area contributed by atoms with E-state index in [2.05, 4.69) is 4.90 Å². The van der Waals surface area contributed by atoms with Gasteiger partial charge in [0.2, 0.25) is 10.0 Å². The molecule has 0 atom stereocenters. The summed E-state index contributed by atoms with van der Waals surface area (Å²) in [7, 11) is -2.14. The number of aryl methyl sites for hydroxylation is 2. The molecule has 0 N–H and O–H groups in total. The summed E-state index contributed by atoms with van der Waals surface area (Å²) >= 11 is 12.1. The van der Waals surface area contributed by atoms with Crippen molar-refractivity contribution in [1.82, 2.24) is 4.31 Å². The predicted octanol–water partition coefficient (Wildman–Crippen LogP) is 4.13. The van der Waals surface area contributed by atoms with Crippen LogP contribution in [0.25, 0.3) is 0 Å². The topological polar surface area (TPSA) is 49.9 Å². The highest BCUT2D eigenvalue weighted by molar-refractivity contribution is 7.89. The molecule has 0 radical (unpaired) electrons. The zero-order chi connectivity index (χ0) is 19.8. The van der Waals surface area contributed by atoms with Gasteiger partial charge in [-0.05, 0) is 55.3 Å². The summed E-state index contributed by atoms with van der Waals surface area (Å²) in [6, 6.07) is 8.91. The molecule has 3 rings (SSSR count). The van der Waals surface area contributed by atoms with Gasteiger partial charge in [0.25, 0.3) is 0 Å². The second kappa shape index (κ2) is 7.87. The van der Waals surface area contributed by atoms with Crippen LogP contribution in [-0.4, -0.2) is 46.0 Å². The summed E-state index contributed by atoms with van der Waals surface area (Å²) in [5, 5.41) is 0.993. The Labute approximate surface area is 170 Å². The maximum absolute atomic E-state index is 13.2. The first-order valence-corrected chi connectivity index (χ1v) is 10.8. The van der Waals surface area contributed by atoms with Gasteiger partial charge >= 0.3 is 0 Å². The van der Waals surface area contributed by atoms with E-state index in [1.165, 1.54) is 11.4 Å². The molecule has 8 heteroatoms. The molecular formula is C19H22Cl2N2O3S. The molecule has 1 fully saturated rings. The van der Waals surface area contributed by atoms with E-state index in [9.17, 15) is 8.42 Å². The molecule has 1 aliphatic rings. The Balaban J connectivity index is 1.81. The fraction of sp³-hybridized carbons (Fsp3) is 0.368. The lowest BCUT2D eigenvalue weighted by Crippen LogP contribution is -2.48. The average molecular weight is 429 g/mol. The molecule has 0 saturated carbocycles. The molecule has 1 heterocycles. The van der Waals surface area contributed by atoms with Crippen LogP contribution in [-0.2, 0) is 10.0 Å². The Morgan fingerprint density at radius 3 is 2.15 bits per heavy atom. The van der Waals surface area contributed by atoms with Crippen molar-refractivity contribution < 1.29 is 13.2 Å². The molecule has 2 aromatic carbocycles. The number of anilines is 1. The largest absolute Gasteiger partial charge is 0.495 e. The van der Waals surface area contributed by atoms with Crippen LogP contribution in [0.1, 0.15) is 11.1 Å². The summed E-state index contributed by atoms with van der Waals surface area (Å²) in [6.07, 6.45) is 0. The Morgan fingerprint density at radius 1 is 0.926 bits per heavy atom. The number of piperazine rings is 1. The maximum Gasteiger partial charge on any atom is 0.246 e. The molecule has 0 unspecified atom stereocenters. The third-order valence-corrected chi connectivity index (χ3v) is 7.56. The fourth-order valence-electron chi connectivity index (χ4n) is 3.13. The van der Waals surface area contributed by atoms with E-state index in [0.717, 1.165) is 16.8 Å². The Bertz CT molecular complexity index is 956. The van der Waals surface area contributed by atoms with Gasteiger partial charge in [0.1, 0.15) is 10.6 Å². The van der Waals surface area contributed by atoms with Gasteiger partial charge in [-0.15, -0.1) is 0 Å². The number of hydrogen-bond donors (Lipinski definition) is 0. The Hall–Kier alpha value is -1.47. The number of ether oxygens (including phenoxy) is 1. The number of rotatable bonds is 4. The van der Waals surface area contributed by atoms with Crippen molar-refractivity contribution in [1.29, 1.82) is 0 Å². The molecule has 0 spiro atoms. The minimum Gasteiger partial charge on any atom is -0.495 e. The van der Waals surface area contributed by atoms with E-state index >= 15 is 0 Å². The minimum absolute atomic E-state index is 0.219. The average Bonchev–Trinajstić information content (AvgIpc) is 2.65. The lowest BCUT2D eigenvalue weighted by Gasteiger charge is -2.35. The third kappa shape index (κ3) is 4.04. The summed E-state index contributed by atoms with van der Waals surface area (Å²) in [5.41, 5.74) is 2.85. The number of benzene rings is 2. The van der Waals surface area contributed by atoms with Crippen molar-refractivity contribution in [3.63, 3.8) is 0 Å². The molecule has 1 aliphatic heterocycles. The van der Waals surface area contributed by atoms with Gasteiger partial charge in [-0.3, -0.25) is 0 Å². The predicted molar refractivity (Wildman–Crippen MR) is 110 cm³/mol. The van der Waals surface area contributed by atoms with Gasteiger partial charge in [0, 0.05) is 31.9 Å². The smallest absolute Gasteiger partial charge is 0.246 e. The van der Waals surface area contributed by atoms with E-state index in [4.69, 9.17) is 27.9 Å². The number of hydrogen-bond acceptors (Lipinski definition) is 4. The SMILES string of the molecule is COc1cc(C)c(C)cc1S(=O)(=O)N1CCN(c2ccc(Cl)c(Cl)c2)CC1. The Morgan fingerprint density at radius 2 is 1.56 bits per heavy atom. The summed E-state index contributed by atoms with van der Waals surface area (Å²) in [5.74, 6) is 0.380. The minimum atomic E-state index is -3.63. The van der Waals surface area contributed by atoms with Crippen LogP contribution in [0.2, 0.25) is 10.0 Å². The highest BCUT2D eigenvalue weighted by Crippen LogP contribution is 2.32. The van der Waals surface area contributed by atoms with E-state index in [1.54, 1.807) is 24.3 Å². The number of halogens is 2. The van der Waals surface area contributed by atoms with Crippen molar-refractivity contribution in [2.45, 2.75) is 18.7 Å². The summed E-state index contributed by atoms with van der Waals surface area (Å²) < 4.78 is 33.2. The van der Waals surface area contributed by atoms with Crippen molar-refractivity contribution in [2.75, 3.05) is 38.2 Å². The van der Waals surface area contributed by atoms with Crippen molar-refractivity contribution in [3.05, 3.63) is 51.5 Å². The number of methoxy groups -OCH3 is 1. The Kier molecular flexibility index (Phi) is 5.91. The van der Waals surface area contributed by atoms with Gasteiger partial charge in [0.05, 0.1) is 17.2 Å². The van der Waals surface area contributed by atoms with E-state index in [0.29, 0.717) is 42.0 Å². The molecule has 0 bridgehead atoms.